The highest BCUT2D eigenvalue weighted by atomic mass is 16.5. The minimum atomic E-state index is -0.492. The van der Waals surface area contributed by atoms with E-state index in [9.17, 15) is 9.59 Å². The summed E-state index contributed by atoms with van der Waals surface area (Å²) in [5.41, 5.74) is 5.93. The normalized spacial score (nSPS) is 15.1. The molecule has 1 heterocycles. The summed E-state index contributed by atoms with van der Waals surface area (Å²) in [6.07, 6.45) is 2.84. The lowest BCUT2D eigenvalue weighted by atomic mass is 9.91. The number of ether oxygens (including phenoxy) is 1. The number of nitrogens with zero attached hydrogens (tertiary/aromatic N) is 2. The van der Waals surface area contributed by atoms with Crippen LogP contribution in [0.2, 0.25) is 0 Å². The number of hydrogen-bond acceptors (Lipinski definition) is 4. The van der Waals surface area contributed by atoms with E-state index in [0.29, 0.717) is 24.3 Å². The van der Waals surface area contributed by atoms with Gasteiger partial charge < -0.3 is 14.5 Å². The number of rotatable bonds is 7. The Hall–Kier alpha value is -3.28. The van der Waals surface area contributed by atoms with E-state index in [-0.39, 0.29) is 5.91 Å². The fourth-order valence-corrected chi connectivity index (χ4v) is 4.41. The summed E-state index contributed by atoms with van der Waals surface area (Å²) in [5, 5.41) is 2.77. The number of benzene rings is 2. The third-order valence-electron chi connectivity index (χ3n) is 6.20. The summed E-state index contributed by atoms with van der Waals surface area (Å²) in [6, 6.07) is 15.8. The predicted molar refractivity (Wildman–Crippen MR) is 133 cm³/mol. The maximum absolute atomic E-state index is 12.8. The van der Waals surface area contributed by atoms with Crippen molar-refractivity contribution in [2.75, 3.05) is 38.6 Å². The molecule has 6 heteroatoms. The number of hydrogen-bond donors (Lipinski definition) is 1. The zero-order valence-corrected chi connectivity index (χ0v) is 20.2. The molecule has 0 bridgehead atoms. The second kappa shape index (κ2) is 11.5. The van der Waals surface area contributed by atoms with Crippen molar-refractivity contribution in [2.24, 2.45) is 0 Å². The number of allylic oxidation sites excluding steroid dienone is 1. The first kappa shape index (κ1) is 24.4. The van der Waals surface area contributed by atoms with Crippen LogP contribution in [0, 0.1) is 0 Å². The van der Waals surface area contributed by atoms with Gasteiger partial charge in [0.05, 0.1) is 7.11 Å². The second-order valence-corrected chi connectivity index (χ2v) is 8.11. The van der Waals surface area contributed by atoms with Crippen LogP contribution >= 0.6 is 0 Å². The van der Waals surface area contributed by atoms with Crippen molar-refractivity contribution in [1.29, 1.82) is 0 Å². The molecule has 0 saturated carbocycles. The quantitative estimate of drug-likeness (QED) is 0.597. The van der Waals surface area contributed by atoms with Crippen LogP contribution in [0.15, 0.2) is 54.2 Å². The Morgan fingerprint density at radius 2 is 1.67 bits per heavy atom. The molecule has 6 nitrogen and oxygen atoms in total. The number of nitrogens with one attached hydrogen (secondary N) is 1. The molecule has 2 aromatic rings. The van der Waals surface area contributed by atoms with Crippen molar-refractivity contribution in [3.8, 4) is 0 Å². The van der Waals surface area contributed by atoms with E-state index in [1.54, 1.807) is 0 Å². The summed E-state index contributed by atoms with van der Waals surface area (Å²) in [6.45, 7) is 9.54. The molecule has 3 rings (SSSR count). The number of amides is 2. The van der Waals surface area contributed by atoms with Gasteiger partial charge in [-0.25, -0.2) is 4.79 Å². The molecule has 33 heavy (non-hydrogen) atoms. The molecule has 1 N–H and O–H groups in total. The van der Waals surface area contributed by atoms with Gasteiger partial charge in [-0.2, -0.15) is 0 Å². The van der Waals surface area contributed by atoms with Crippen molar-refractivity contribution in [3.05, 3.63) is 70.9 Å². The first-order valence-electron chi connectivity index (χ1n) is 11.9. The minimum Gasteiger partial charge on any atom is -0.453 e. The van der Waals surface area contributed by atoms with Gasteiger partial charge >= 0.3 is 6.09 Å². The molecule has 1 saturated heterocycles. The van der Waals surface area contributed by atoms with E-state index >= 15 is 0 Å². The van der Waals surface area contributed by atoms with Crippen molar-refractivity contribution >= 4 is 23.3 Å². The Morgan fingerprint density at radius 1 is 0.970 bits per heavy atom. The van der Waals surface area contributed by atoms with E-state index in [1.807, 2.05) is 61.2 Å². The highest BCUT2D eigenvalue weighted by Gasteiger charge is 2.21. The van der Waals surface area contributed by atoms with Crippen molar-refractivity contribution in [1.82, 2.24) is 9.80 Å². The Morgan fingerprint density at radius 3 is 2.30 bits per heavy atom. The molecule has 0 atom stereocenters. The van der Waals surface area contributed by atoms with Crippen molar-refractivity contribution in [2.45, 2.75) is 40.0 Å². The molecular formula is C27H35N3O3. The maximum Gasteiger partial charge on any atom is 0.411 e. The summed E-state index contributed by atoms with van der Waals surface area (Å²) in [4.78, 5) is 28.8. The highest BCUT2D eigenvalue weighted by Crippen LogP contribution is 2.35. The zero-order chi connectivity index (χ0) is 23.8. The van der Waals surface area contributed by atoms with Crippen LogP contribution in [-0.2, 0) is 4.74 Å². The van der Waals surface area contributed by atoms with Gasteiger partial charge in [0.15, 0.2) is 0 Å². The largest absolute Gasteiger partial charge is 0.453 e. The second-order valence-electron chi connectivity index (χ2n) is 8.11. The molecule has 1 aliphatic heterocycles. The third kappa shape index (κ3) is 5.75. The summed E-state index contributed by atoms with van der Waals surface area (Å²) in [5.74, 6) is 0.0536. The van der Waals surface area contributed by atoms with Gasteiger partial charge in [-0.3, -0.25) is 10.1 Å². The molecule has 0 aliphatic carbocycles. The van der Waals surface area contributed by atoms with Crippen molar-refractivity contribution in [3.63, 3.8) is 0 Å². The molecule has 0 aromatic heterocycles. The fraction of sp³-hybridized carbons (Fsp3) is 0.407. The number of anilines is 1. The van der Waals surface area contributed by atoms with Crippen molar-refractivity contribution < 1.29 is 14.3 Å². The number of likely N-dealkylation sites (tertiary alicyclic amines) is 1. The molecular weight excluding hydrogens is 414 g/mol. The monoisotopic (exact) mass is 449 g/mol. The van der Waals surface area contributed by atoms with Gasteiger partial charge in [-0.1, -0.05) is 24.3 Å². The van der Waals surface area contributed by atoms with Crippen LogP contribution in [0.1, 0.15) is 61.5 Å². The predicted octanol–water partition coefficient (Wildman–Crippen LogP) is 5.61. The summed E-state index contributed by atoms with van der Waals surface area (Å²) < 4.78 is 4.76. The molecule has 1 aliphatic rings. The third-order valence-corrected chi connectivity index (χ3v) is 6.20. The Labute approximate surface area is 197 Å². The minimum absolute atomic E-state index is 0.0536. The SMILES string of the molecule is CCN(CC)C(=O)c1ccc(C(=C2CCCCN2CC)c2cccc(NC(=O)OC)c2)cc1. The van der Waals surface area contributed by atoms with Gasteiger partial charge in [-0.15, -0.1) is 0 Å². The molecule has 0 unspecified atom stereocenters. The fourth-order valence-electron chi connectivity index (χ4n) is 4.41. The van der Waals surface area contributed by atoms with Crippen LogP contribution < -0.4 is 5.32 Å². The zero-order valence-electron chi connectivity index (χ0n) is 20.2. The van der Waals surface area contributed by atoms with E-state index in [0.717, 1.165) is 42.6 Å². The highest BCUT2D eigenvalue weighted by molar-refractivity contribution is 5.95. The number of methoxy groups -OCH3 is 1. The van der Waals surface area contributed by atoms with Crippen LogP contribution in [0.3, 0.4) is 0 Å². The van der Waals surface area contributed by atoms with E-state index < -0.39 is 6.09 Å². The van der Waals surface area contributed by atoms with Crippen LogP contribution in [0.4, 0.5) is 10.5 Å². The summed E-state index contributed by atoms with van der Waals surface area (Å²) >= 11 is 0. The Kier molecular flexibility index (Phi) is 8.52. The van der Waals surface area contributed by atoms with Gasteiger partial charge in [-0.05, 0) is 75.4 Å². The van der Waals surface area contributed by atoms with Gasteiger partial charge in [0, 0.05) is 48.7 Å². The lowest BCUT2D eigenvalue weighted by Gasteiger charge is -2.33. The number of carbonyl (C=O) groups excluding carboxylic acids is 2. The number of piperidine rings is 1. The van der Waals surface area contributed by atoms with Crippen LogP contribution in [-0.4, -0.2) is 55.1 Å². The summed E-state index contributed by atoms with van der Waals surface area (Å²) in [7, 11) is 1.36. The number of carbonyl (C=O) groups is 2. The van der Waals surface area contributed by atoms with Gasteiger partial charge in [0.25, 0.3) is 5.91 Å². The van der Waals surface area contributed by atoms with Gasteiger partial charge in [0.1, 0.15) is 0 Å². The van der Waals surface area contributed by atoms with E-state index in [4.69, 9.17) is 4.74 Å². The lowest BCUT2D eigenvalue weighted by molar-refractivity contribution is 0.0773. The first-order chi connectivity index (χ1) is 16.0. The molecule has 2 aromatic carbocycles. The topological polar surface area (TPSA) is 61.9 Å². The average Bonchev–Trinajstić information content (AvgIpc) is 2.86. The van der Waals surface area contributed by atoms with Crippen LogP contribution in [0.25, 0.3) is 5.57 Å². The lowest BCUT2D eigenvalue weighted by Crippen LogP contribution is -2.30. The Bertz CT molecular complexity index is 994. The molecule has 0 radical (unpaired) electrons. The Balaban J connectivity index is 2.07. The van der Waals surface area contributed by atoms with E-state index in [1.165, 1.54) is 19.2 Å². The van der Waals surface area contributed by atoms with Gasteiger partial charge in [0.2, 0.25) is 0 Å². The molecule has 2 amide bonds. The molecule has 1 fully saturated rings. The average molecular weight is 450 g/mol. The van der Waals surface area contributed by atoms with Crippen LogP contribution in [0.5, 0.6) is 0 Å². The molecule has 176 valence electrons. The molecule has 0 spiro atoms. The van der Waals surface area contributed by atoms with E-state index in [2.05, 4.69) is 23.2 Å². The standard InChI is InChI=1S/C27H35N3O3/c1-5-29(6-2)26(31)21-16-14-20(15-17-21)25(24-13-8-9-18-30(24)7-3)22-11-10-12-23(19-22)28-27(32)33-4/h10-12,14-17,19H,5-9,13,18H2,1-4H3,(H,28,32). The first-order valence-corrected chi connectivity index (χ1v) is 11.9. The maximum atomic E-state index is 12.8. The smallest absolute Gasteiger partial charge is 0.411 e.